The lowest BCUT2D eigenvalue weighted by molar-refractivity contribution is 0.804. The van der Waals surface area contributed by atoms with Crippen molar-refractivity contribution in [1.29, 1.82) is 0 Å². The monoisotopic (exact) mass is 236 g/mol. The molecule has 2 rings (SSSR count). The molecule has 1 fully saturated rings. The number of nitrogens with two attached hydrogens (primary N) is 1. The van der Waals surface area contributed by atoms with E-state index in [0.29, 0.717) is 6.54 Å². The molecule has 0 saturated carbocycles. The number of thioether (sulfide) groups is 1. The second kappa shape index (κ2) is 5.60. The minimum Gasteiger partial charge on any atom is -0.370 e. The van der Waals surface area contributed by atoms with Crippen molar-refractivity contribution in [3.8, 4) is 0 Å². The van der Waals surface area contributed by atoms with E-state index in [1.807, 2.05) is 0 Å². The summed E-state index contributed by atoms with van der Waals surface area (Å²) < 4.78 is 0. The summed E-state index contributed by atoms with van der Waals surface area (Å²) in [5.41, 5.74) is 9.86. The van der Waals surface area contributed by atoms with Crippen LogP contribution in [0.5, 0.6) is 0 Å². The van der Waals surface area contributed by atoms with E-state index in [9.17, 15) is 0 Å². The van der Waals surface area contributed by atoms with Crippen LogP contribution in [-0.4, -0.2) is 24.6 Å². The van der Waals surface area contributed by atoms with Crippen molar-refractivity contribution in [2.75, 3.05) is 29.5 Å². The van der Waals surface area contributed by atoms with Crippen molar-refractivity contribution in [2.24, 2.45) is 5.73 Å². The molecule has 2 N–H and O–H groups in total. The highest BCUT2D eigenvalue weighted by Crippen LogP contribution is 2.27. The van der Waals surface area contributed by atoms with Crippen molar-refractivity contribution in [3.63, 3.8) is 0 Å². The second-order valence-corrected chi connectivity index (χ2v) is 5.46. The summed E-state index contributed by atoms with van der Waals surface area (Å²) in [6, 6.07) is 6.44. The van der Waals surface area contributed by atoms with Gasteiger partial charge in [0.05, 0.1) is 0 Å². The maximum atomic E-state index is 5.83. The number of nitrogens with zero attached hydrogens (tertiary/aromatic N) is 1. The third-order valence-corrected chi connectivity index (χ3v) is 4.13. The molecule has 0 spiro atoms. The van der Waals surface area contributed by atoms with Crippen LogP contribution in [0.15, 0.2) is 18.2 Å². The average molecular weight is 236 g/mol. The smallest absolute Gasteiger partial charge is 0.0441 e. The molecule has 0 radical (unpaired) electrons. The Kier molecular flexibility index (Phi) is 4.13. The van der Waals surface area contributed by atoms with Crippen LogP contribution in [0, 0.1) is 6.92 Å². The molecule has 1 aliphatic heterocycles. The van der Waals surface area contributed by atoms with Crippen molar-refractivity contribution in [1.82, 2.24) is 0 Å². The molecule has 1 aliphatic rings. The fraction of sp³-hybridized carbons (Fsp3) is 0.538. The van der Waals surface area contributed by atoms with Gasteiger partial charge in [0.25, 0.3) is 0 Å². The summed E-state index contributed by atoms with van der Waals surface area (Å²) in [6.45, 7) is 5.15. The molecule has 0 atom stereocenters. The molecule has 1 aromatic carbocycles. The molecule has 88 valence electrons. The molecule has 0 bridgehead atoms. The Labute approximate surface area is 102 Å². The number of para-hydroxylation sites is 1. The predicted octanol–water partition coefficient (Wildman–Crippen LogP) is 2.40. The minimum absolute atomic E-state index is 0.640. The summed E-state index contributed by atoms with van der Waals surface area (Å²) >= 11 is 2.06. The zero-order chi connectivity index (χ0) is 11.4. The highest BCUT2D eigenvalue weighted by molar-refractivity contribution is 7.99. The molecular weight excluding hydrogens is 216 g/mol. The van der Waals surface area contributed by atoms with Crippen LogP contribution in [0.2, 0.25) is 0 Å². The van der Waals surface area contributed by atoms with Gasteiger partial charge in [0.2, 0.25) is 0 Å². The molecular formula is C13H20N2S. The Morgan fingerprint density at radius 2 is 2.19 bits per heavy atom. The first kappa shape index (κ1) is 11.8. The van der Waals surface area contributed by atoms with Gasteiger partial charge in [-0.25, -0.2) is 0 Å². The van der Waals surface area contributed by atoms with E-state index in [0.717, 1.165) is 6.54 Å². The van der Waals surface area contributed by atoms with E-state index in [2.05, 4.69) is 41.8 Å². The van der Waals surface area contributed by atoms with E-state index < -0.39 is 0 Å². The average Bonchev–Trinajstić information content (AvgIpc) is 2.57. The molecule has 0 amide bonds. The molecule has 2 nitrogen and oxygen atoms in total. The lowest BCUT2D eigenvalue weighted by atomic mass is 10.1. The van der Waals surface area contributed by atoms with Crippen molar-refractivity contribution in [2.45, 2.75) is 19.9 Å². The highest BCUT2D eigenvalue weighted by atomic mass is 32.2. The first-order chi connectivity index (χ1) is 7.83. The zero-order valence-corrected chi connectivity index (χ0v) is 10.7. The topological polar surface area (TPSA) is 29.3 Å². The predicted molar refractivity (Wildman–Crippen MR) is 73.2 cm³/mol. The summed E-state index contributed by atoms with van der Waals surface area (Å²) in [5, 5.41) is 0. The zero-order valence-electron chi connectivity index (χ0n) is 9.91. The van der Waals surface area contributed by atoms with Gasteiger partial charge in [-0.1, -0.05) is 18.2 Å². The van der Waals surface area contributed by atoms with Crippen LogP contribution in [0.3, 0.4) is 0 Å². The quantitative estimate of drug-likeness (QED) is 0.855. The Balaban J connectivity index is 2.29. The molecule has 1 saturated heterocycles. The third kappa shape index (κ3) is 2.53. The summed E-state index contributed by atoms with van der Waals surface area (Å²) in [4.78, 5) is 2.51. The van der Waals surface area contributed by atoms with Gasteiger partial charge in [0, 0.05) is 31.1 Å². The van der Waals surface area contributed by atoms with Gasteiger partial charge in [0.1, 0.15) is 0 Å². The maximum Gasteiger partial charge on any atom is 0.0441 e. The first-order valence-electron chi connectivity index (χ1n) is 5.94. The van der Waals surface area contributed by atoms with Crippen LogP contribution in [0.1, 0.15) is 17.5 Å². The van der Waals surface area contributed by atoms with Gasteiger partial charge in [0.15, 0.2) is 0 Å². The normalized spacial score (nSPS) is 17.2. The molecule has 1 heterocycles. The molecule has 0 aliphatic carbocycles. The summed E-state index contributed by atoms with van der Waals surface area (Å²) in [5.74, 6) is 2.53. The van der Waals surface area contributed by atoms with Crippen molar-refractivity contribution >= 4 is 17.4 Å². The third-order valence-electron chi connectivity index (χ3n) is 3.08. The van der Waals surface area contributed by atoms with E-state index in [1.54, 1.807) is 0 Å². The Hall–Kier alpha value is -0.670. The molecule has 0 unspecified atom stereocenters. The van der Waals surface area contributed by atoms with E-state index in [1.165, 1.54) is 41.3 Å². The number of hydrogen-bond donors (Lipinski definition) is 1. The standard InChI is InChI=1S/C13H20N2S/c1-11-4-2-5-12(10-14)13(11)15-6-3-8-16-9-7-15/h2,4-5H,3,6-10,14H2,1H3. The van der Waals surface area contributed by atoms with Crippen LogP contribution in [-0.2, 0) is 6.54 Å². The highest BCUT2D eigenvalue weighted by Gasteiger charge is 2.14. The number of hydrogen-bond acceptors (Lipinski definition) is 3. The fourth-order valence-corrected chi connectivity index (χ4v) is 3.19. The van der Waals surface area contributed by atoms with Crippen molar-refractivity contribution < 1.29 is 0 Å². The van der Waals surface area contributed by atoms with Gasteiger partial charge in [-0.3, -0.25) is 0 Å². The van der Waals surface area contributed by atoms with Crippen LogP contribution >= 0.6 is 11.8 Å². The fourth-order valence-electron chi connectivity index (χ4n) is 2.31. The largest absolute Gasteiger partial charge is 0.370 e. The van der Waals surface area contributed by atoms with Crippen LogP contribution < -0.4 is 10.6 Å². The molecule has 16 heavy (non-hydrogen) atoms. The minimum atomic E-state index is 0.640. The van der Waals surface area contributed by atoms with Gasteiger partial charge in [-0.2, -0.15) is 11.8 Å². The number of anilines is 1. The summed E-state index contributed by atoms with van der Waals surface area (Å²) in [7, 11) is 0. The molecule has 3 heteroatoms. The van der Waals surface area contributed by atoms with Crippen LogP contribution in [0.25, 0.3) is 0 Å². The van der Waals surface area contributed by atoms with E-state index in [-0.39, 0.29) is 0 Å². The van der Waals surface area contributed by atoms with Gasteiger partial charge >= 0.3 is 0 Å². The van der Waals surface area contributed by atoms with Crippen molar-refractivity contribution in [3.05, 3.63) is 29.3 Å². The van der Waals surface area contributed by atoms with Crippen LogP contribution in [0.4, 0.5) is 5.69 Å². The summed E-state index contributed by atoms with van der Waals surface area (Å²) in [6.07, 6.45) is 1.28. The first-order valence-corrected chi connectivity index (χ1v) is 7.09. The lowest BCUT2D eigenvalue weighted by Gasteiger charge is -2.26. The van der Waals surface area contributed by atoms with Gasteiger partial charge in [-0.05, 0) is 30.2 Å². The van der Waals surface area contributed by atoms with E-state index in [4.69, 9.17) is 5.73 Å². The molecule has 1 aromatic rings. The lowest BCUT2D eigenvalue weighted by Crippen LogP contribution is -2.27. The van der Waals surface area contributed by atoms with Gasteiger partial charge < -0.3 is 10.6 Å². The maximum absolute atomic E-state index is 5.83. The number of aryl methyl sites for hydroxylation is 1. The number of rotatable bonds is 2. The Morgan fingerprint density at radius 1 is 1.31 bits per heavy atom. The Morgan fingerprint density at radius 3 is 3.00 bits per heavy atom. The second-order valence-electron chi connectivity index (χ2n) is 4.24. The SMILES string of the molecule is Cc1cccc(CN)c1N1CCCSCC1. The molecule has 0 aromatic heterocycles. The Bertz CT molecular complexity index is 344. The van der Waals surface area contributed by atoms with E-state index >= 15 is 0 Å². The van der Waals surface area contributed by atoms with Gasteiger partial charge in [-0.15, -0.1) is 0 Å². The number of benzene rings is 1.